The smallest absolute Gasteiger partial charge is 0.219 e. The quantitative estimate of drug-likeness (QED) is 0.434. The van der Waals surface area contributed by atoms with Gasteiger partial charge in [-0.15, -0.1) is 0 Å². The van der Waals surface area contributed by atoms with Crippen molar-refractivity contribution in [3.8, 4) is 0 Å². The molecule has 0 aliphatic carbocycles. The number of rotatable bonds is 16. The summed E-state index contributed by atoms with van der Waals surface area (Å²) in [4.78, 5) is 11.0. The maximum Gasteiger partial charge on any atom is 0.219 e. The number of ether oxygens (including phenoxy) is 4. The van der Waals surface area contributed by atoms with E-state index in [4.69, 9.17) is 18.9 Å². The van der Waals surface area contributed by atoms with Gasteiger partial charge in [0.05, 0.1) is 46.2 Å². The third-order valence-corrected chi connectivity index (χ3v) is 3.22. The molecule has 6 heteroatoms. The Morgan fingerprint density at radius 2 is 1.25 bits per heavy atom. The van der Waals surface area contributed by atoms with Gasteiger partial charge in [-0.1, -0.05) is 27.7 Å². The minimum atomic E-state index is 0.0465. The number of nitrogens with one attached hydrogen (secondary N) is 1. The summed E-state index contributed by atoms with van der Waals surface area (Å²) in [6, 6.07) is 0. The molecular weight excluding hydrogens is 310 g/mol. The van der Waals surface area contributed by atoms with Crippen molar-refractivity contribution in [1.29, 1.82) is 0 Å². The van der Waals surface area contributed by atoms with Gasteiger partial charge in [0.2, 0.25) is 5.91 Å². The molecule has 0 bridgehead atoms. The fourth-order valence-corrected chi connectivity index (χ4v) is 1.85. The van der Waals surface area contributed by atoms with Gasteiger partial charge in [0, 0.05) is 19.6 Å². The summed E-state index contributed by atoms with van der Waals surface area (Å²) in [7, 11) is 0. The molecule has 0 aromatic carbocycles. The van der Waals surface area contributed by atoms with Crippen LogP contribution in [0, 0.1) is 5.41 Å². The van der Waals surface area contributed by atoms with Crippen molar-refractivity contribution in [2.45, 2.75) is 47.0 Å². The fraction of sp³-hybridized carbons (Fsp3) is 0.944. The summed E-state index contributed by atoms with van der Waals surface area (Å²) in [5.74, 6) is 0.0465. The molecule has 0 aliphatic heterocycles. The van der Waals surface area contributed by atoms with Crippen LogP contribution in [0.5, 0.6) is 0 Å². The Kier molecular flexibility index (Phi) is 15.4. The van der Waals surface area contributed by atoms with Crippen molar-refractivity contribution in [3.63, 3.8) is 0 Å². The molecule has 0 aromatic rings. The predicted octanol–water partition coefficient (Wildman–Crippen LogP) is 2.41. The van der Waals surface area contributed by atoms with E-state index in [1.807, 2.05) is 6.92 Å². The van der Waals surface area contributed by atoms with Gasteiger partial charge in [-0.2, -0.15) is 0 Å². The van der Waals surface area contributed by atoms with Crippen LogP contribution >= 0.6 is 0 Å². The SMILES string of the molecule is CCC(=O)NCCOCCOCCOCCOCCCC(C)(C)C. The zero-order valence-electron chi connectivity index (χ0n) is 16.0. The van der Waals surface area contributed by atoms with Crippen LogP contribution in [-0.4, -0.2) is 65.3 Å². The molecule has 0 spiro atoms. The van der Waals surface area contributed by atoms with Gasteiger partial charge in [0.15, 0.2) is 0 Å². The molecule has 6 nitrogen and oxygen atoms in total. The Balaban J connectivity index is 3.06. The highest BCUT2D eigenvalue weighted by molar-refractivity contribution is 5.75. The summed E-state index contributed by atoms with van der Waals surface area (Å²) in [5.41, 5.74) is 0.379. The summed E-state index contributed by atoms with van der Waals surface area (Å²) in [5, 5.41) is 2.75. The largest absolute Gasteiger partial charge is 0.379 e. The van der Waals surface area contributed by atoms with Gasteiger partial charge in [0.1, 0.15) is 0 Å². The molecule has 0 aromatic heterocycles. The highest BCUT2D eigenvalue weighted by Crippen LogP contribution is 2.20. The molecule has 0 unspecified atom stereocenters. The Morgan fingerprint density at radius 3 is 1.71 bits per heavy atom. The molecule has 24 heavy (non-hydrogen) atoms. The highest BCUT2D eigenvalue weighted by Gasteiger charge is 2.08. The summed E-state index contributed by atoms with van der Waals surface area (Å²) >= 11 is 0. The lowest BCUT2D eigenvalue weighted by molar-refractivity contribution is -0.121. The first-order valence-electron chi connectivity index (χ1n) is 9.03. The lowest BCUT2D eigenvalue weighted by Gasteiger charge is -2.17. The van der Waals surface area contributed by atoms with E-state index in [2.05, 4.69) is 26.1 Å². The van der Waals surface area contributed by atoms with Crippen molar-refractivity contribution in [1.82, 2.24) is 5.32 Å². The zero-order valence-corrected chi connectivity index (χ0v) is 16.0. The normalized spacial score (nSPS) is 11.7. The molecule has 0 radical (unpaired) electrons. The van der Waals surface area contributed by atoms with Crippen molar-refractivity contribution in [3.05, 3.63) is 0 Å². The van der Waals surface area contributed by atoms with Crippen molar-refractivity contribution in [2.24, 2.45) is 5.41 Å². The monoisotopic (exact) mass is 347 g/mol. The Hall–Kier alpha value is -0.690. The number of hydrogen-bond donors (Lipinski definition) is 1. The molecule has 0 fully saturated rings. The summed E-state index contributed by atoms with van der Waals surface area (Å²) in [6.07, 6.45) is 2.77. The lowest BCUT2D eigenvalue weighted by atomic mass is 9.91. The molecule has 0 atom stereocenters. The third-order valence-electron chi connectivity index (χ3n) is 3.22. The first-order chi connectivity index (χ1) is 11.5. The number of carbonyl (C=O) groups is 1. The molecule has 0 saturated carbocycles. The molecule has 1 N–H and O–H groups in total. The van der Waals surface area contributed by atoms with Crippen LogP contribution in [0.1, 0.15) is 47.0 Å². The van der Waals surface area contributed by atoms with Crippen LogP contribution in [0.25, 0.3) is 0 Å². The van der Waals surface area contributed by atoms with Crippen LogP contribution in [0.3, 0.4) is 0 Å². The highest BCUT2D eigenvalue weighted by atomic mass is 16.6. The summed E-state index contributed by atoms with van der Waals surface area (Å²) < 4.78 is 21.7. The zero-order chi connectivity index (χ0) is 18.1. The minimum Gasteiger partial charge on any atom is -0.379 e. The maximum absolute atomic E-state index is 11.0. The number of amides is 1. The molecule has 144 valence electrons. The molecule has 1 amide bonds. The Bertz CT molecular complexity index is 292. The van der Waals surface area contributed by atoms with E-state index >= 15 is 0 Å². The van der Waals surface area contributed by atoms with Gasteiger partial charge < -0.3 is 24.3 Å². The average molecular weight is 347 g/mol. The van der Waals surface area contributed by atoms with E-state index in [-0.39, 0.29) is 5.91 Å². The van der Waals surface area contributed by atoms with E-state index in [1.54, 1.807) is 0 Å². The van der Waals surface area contributed by atoms with Gasteiger partial charge in [-0.25, -0.2) is 0 Å². The maximum atomic E-state index is 11.0. The van der Waals surface area contributed by atoms with Crippen LogP contribution in [0.4, 0.5) is 0 Å². The second-order valence-corrected chi connectivity index (χ2v) is 6.82. The van der Waals surface area contributed by atoms with E-state index in [0.717, 1.165) is 13.0 Å². The first-order valence-corrected chi connectivity index (χ1v) is 9.03. The van der Waals surface area contributed by atoms with Gasteiger partial charge in [-0.05, 0) is 18.3 Å². The van der Waals surface area contributed by atoms with E-state index in [0.29, 0.717) is 64.6 Å². The fourth-order valence-electron chi connectivity index (χ4n) is 1.85. The van der Waals surface area contributed by atoms with Gasteiger partial charge in [0.25, 0.3) is 0 Å². The minimum absolute atomic E-state index is 0.0465. The molecule has 0 saturated heterocycles. The van der Waals surface area contributed by atoms with Gasteiger partial charge in [-0.3, -0.25) is 4.79 Å². The lowest BCUT2D eigenvalue weighted by Crippen LogP contribution is -2.26. The number of hydrogen-bond acceptors (Lipinski definition) is 5. The second kappa shape index (κ2) is 15.8. The molecule has 0 heterocycles. The first kappa shape index (κ1) is 23.3. The van der Waals surface area contributed by atoms with Crippen LogP contribution < -0.4 is 5.32 Å². The predicted molar refractivity (Wildman–Crippen MR) is 95.3 cm³/mol. The van der Waals surface area contributed by atoms with Crippen molar-refractivity contribution < 1.29 is 23.7 Å². The molecule has 0 aliphatic rings. The van der Waals surface area contributed by atoms with Crippen LogP contribution in [0.15, 0.2) is 0 Å². The van der Waals surface area contributed by atoms with Crippen molar-refractivity contribution >= 4 is 5.91 Å². The number of carbonyl (C=O) groups excluding carboxylic acids is 1. The molecule has 0 rings (SSSR count). The Morgan fingerprint density at radius 1 is 0.792 bits per heavy atom. The standard InChI is InChI=1S/C18H37NO5/c1-5-17(20)19-8-10-22-12-14-24-16-15-23-13-11-21-9-6-7-18(2,3)4/h5-16H2,1-4H3,(H,19,20). The van der Waals surface area contributed by atoms with Gasteiger partial charge >= 0.3 is 0 Å². The topological polar surface area (TPSA) is 66.0 Å². The van der Waals surface area contributed by atoms with Crippen LogP contribution in [-0.2, 0) is 23.7 Å². The third kappa shape index (κ3) is 19.4. The van der Waals surface area contributed by atoms with E-state index in [9.17, 15) is 4.79 Å². The second-order valence-electron chi connectivity index (χ2n) is 6.82. The van der Waals surface area contributed by atoms with E-state index < -0.39 is 0 Å². The average Bonchev–Trinajstić information content (AvgIpc) is 2.53. The van der Waals surface area contributed by atoms with E-state index in [1.165, 1.54) is 6.42 Å². The Labute approximate surface area is 147 Å². The van der Waals surface area contributed by atoms with Crippen LogP contribution in [0.2, 0.25) is 0 Å². The van der Waals surface area contributed by atoms with Crippen molar-refractivity contribution in [2.75, 3.05) is 59.4 Å². The molecular formula is C18H37NO5. The summed E-state index contributed by atoms with van der Waals surface area (Å²) in [6.45, 7) is 13.8.